The molecule has 0 spiro atoms. The predicted molar refractivity (Wildman–Crippen MR) is 80.7 cm³/mol. The maximum Gasteiger partial charge on any atom is 0.275 e. The first-order chi connectivity index (χ1) is 9.70. The molecule has 0 aliphatic carbocycles. The van der Waals surface area contributed by atoms with Gasteiger partial charge in [-0.05, 0) is 28.4 Å². The summed E-state index contributed by atoms with van der Waals surface area (Å²) in [5, 5.41) is 5.85. The SMILES string of the molecule is CCCNc1cncc(C(=O)Nc2ccncc2Br)n1. The largest absolute Gasteiger partial charge is 0.369 e. The van der Waals surface area contributed by atoms with E-state index in [1.165, 1.54) is 6.20 Å². The summed E-state index contributed by atoms with van der Waals surface area (Å²) in [4.78, 5) is 24.3. The maximum atomic E-state index is 12.1. The summed E-state index contributed by atoms with van der Waals surface area (Å²) in [6.45, 7) is 2.84. The van der Waals surface area contributed by atoms with Crippen molar-refractivity contribution in [3.8, 4) is 0 Å². The van der Waals surface area contributed by atoms with Crippen LogP contribution in [0.1, 0.15) is 23.8 Å². The summed E-state index contributed by atoms with van der Waals surface area (Å²) in [5.41, 5.74) is 0.897. The summed E-state index contributed by atoms with van der Waals surface area (Å²) in [5.74, 6) is 0.276. The molecule has 0 aliphatic heterocycles. The Labute approximate surface area is 125 Å². The van der Waals surface area contributed by atoms with Crippen molar-refractivity contribution in [2.75, 3.05) is 17.2 Å². The van der Waals surface area contributed by atoms with Crippen molar-refractivity contribution in [1.29, 1.82) is 0 Å². The minimum atomic E-state index is -0.315. The van der Waals surface area contributed by atoms with Gasteiger partial charge in [0.1, 0.15) is 11.5 Å². The van der Waals surface area contributed by atoms with Crippen LogP contribution < -0.4 is 10.6 Å². The zero-order valence-electron chi connectivity index (χ0n) is 10.9. The number of aromatic nitrogens is 3. The number of halogens is 1. The van der Waals surface area contributed by atoms with Crippen LogP contribution in [-0.2, 0) is 0 Å². The van der Waals surface area contributed by atoms with Crippen molar-refractivity contribution < 1.29 is 4.79 Å². The Morgan fingerprint density at radius 1 is 1.30 bits per heavy atom. The molecule has 6 nitrogen and oxygen atoms in total. The van der Waals surface area contributed by atoms with Gasteiger partial charge in [0.15, 0.2) is 0 Å². The molecule has 2 heterocycles. The lowest BCUT2D eigenvalue weighted by Crippen LogP contribution is -2.15. The van der Waals surface area contributed by atoms with Crippen LogP contribution in [0.4, 0.5) is 11.5 Å². The zero-order chi connectivity index (χ0) is 14.4. The third kappa shape index (κ3) is 3.74. The van der Waals surface area contributed by atoms with Crippen molar-refractivity contribution in [2.24, 2.45) is 0 Å². The Bertz CT molecular complexity index is 605. The smallest absolute Gasteiger partial charge is 0.275 e. The van der Waals surface area contributed by atoms with E-state index < -0.39 is 0 Å². The highest BCUT2D eigenvalue weighted by molar-refractivity contribution is 9.10. The first kappa shape index (κ1) is 14.4. The Morgan fingerprint density at radius 3 is 2.90 bits per heavy atom. The van der Waals surface area contributed by atoms with E-state index in [1.807, 2.05) is 0 Å². The Kier molecular flexibility index (Phi) is 5.00. The van der Waals surface area contributed by atoms with Gasteiger partial charge in [-0.25, -0.2) is 4.98 Å². The molecule has 0 unspecified atom stereocenters. The van der Waals surface area contributed by atoms with E-state index in [0.717, 1.165) is 13.0 Å². The van der Waals surface area contributed by atoms with Gasteiger partial charge in [-0.3, -0.25) is 14.8 Å². The molecule has 2 N–H and O–H groups in total. The molecule has 7 heteroatoms. The number of hydrogen-bond donors (Lipinski definition) is 2. The number of carbonyl (C=O) groups is 1. The molecular weight excluding hydrogens is 322 g/mol. The van der Waals surface area contributed by atoms with E-state index in [4.69, 9.17) is 0 Å². The number of anilines is 2. The van der Waals surface area contributed by atoms with Crippen molar-refractivity contribution in [1.82, 2.24) is 15.0 Å². The van der Waals surface area contributed by atoms with Crippen LogP contribution >= 0.6 is 15.9 Å². The Hall–Kier alpha value is -2.02. The van der Waals surface area contributed by atoms with E-state index in [1.54, 1.807) is 24.7 Å². The molecule has 0 aromatic carbocycles. The van der Waals surface area contributed by atoms with Crippen LogP contribution in [-0.4, -0.2) is 27.4 Å². The Morgan fingerprint density at radius 2 is 2.15 bits per heavy atom. The second kappa shape index (κ2) is 6.95. The second-order valence-corrected chi connectivity index (χ2v) is 4.88. The molecule has 0 radical (unpaired) electrons. The summed E-state index contributed by atoms with van der Waals surface area (Å²) in [7, 11) is 0. The highest BCUT2D eigenvalue weighted by Crippen LogP contribution is 2.20. The Balaban J connectivity index is 2.11. The molecule has 1 amide bonds. The topological polar surface area (TPSA) is 79.8 Å². The zero-order valence-corrected chi connectivity index (χ0v) is 12.5. The lowest BCUT2D eigenvalue weighted by Gasteiger charge is -2.07. The molecule has 0 saturated heterocycles. The van der Waals surface area contributed by atoms with Crippen LogP contribution in [0.15, 0.2) is 35.3 Å². The van der Waals surface area contributed by atoms with E-state index in [-0.39, 0.29) is 11.6 Å². The first-order valence-corrected chi connectivity index (χ1v) is 6.96. The van der Waals surface area contributed by atoms with Crippen LogP contribution in [0.3, 0.4) is 0 Å². The first-order valence-electron chi connectivity index (χ1n) is 6.17. The maximum absolute atomic E-state index is 12.1. The van der Waals surface area contributed by atoms with Gasteiger partial charge in [-0.15, -0.1) is 0 Å². The molecule has 2 aromatic heterocycles. The third-order valence-electron chi connectivity index (χ3n) is 2.44. The molecule has 0 bridgehead atoms. The summed E-state index contributed by atoms with van der Waals surface area (Å²) in [6.07, 6.45) is 7.21. The third-order valence-corrected chi connectivity index (χ3v) is 3.08. The van der Waals surface area contributed by atoms with E-state index in [9.17, 15) is 4.79 Å². The lowest BCUT2D eigenvalue weighted by molar-refractivity contribution is 0.102. The average molecular weight is 336 g/mol. The van der Waals surface area contributed by atoms with E-state index in [2.05, 4.69) is 48.4 Å². The quantitative estimate of drug-likeness (QED) is 0.878. The van der Waals surface area contributed by atoms with Crippen molar-refractivity contribution >= 4 is 33.3 Å². The number of nitrogens with one attached hydrogen (secondary N) is 2. The molecule has 104 valence electrons. The normalized spacial score (nSPS) is 10.1. The molecule has 2 aromatic rings. The van der Waals surface area contributed by atoms with Gasteiger partial charge in [0.05, 0.1) is 22.6 Å². The fraction of sp³-hybridized carbons (Fsp3) is 0.231. The standard InChI is InChI=1S/C13H14BrN5O/c1-2-4-17-12-8-16-7-11(18-12)13(20)19-10-3-5-15-6-9(10)14/h3,5-8H,2,4H2,1H3,(H,17,18)(H,15,19,20). The molecule has 0 aliphatic rings. The number of carbonyl (C=O) groups excluding carboxylic acids is 1. The van der Waals surface area contributed by atoms with Gasteiger partial charge in [-0.1, -0.05) is 6.92 Å². The molecule has 0 saturated carbocycles. The van der Waals surface area contributed by atoms with Crippen LogP contribution in [0.25, 0.3) is 0 Å². The number of pyridine rings is 1. The van der Waals surface area contributed by atoms with Gasteiger partial charge in [0.25, 0.3) is 5.91 Å². The van der Waals surface area contributed by atoms with Gasteiger partial charge < -0.3 is 10.6 Å². The number of nitrogens with zero attached hydrogens (tertiary/aromatic N) is 3. The molecular formula is C13H14BrN5O. The number of hydrogen-bond acceptors (Lipinski definition) is 5. The van der Waals surface area contributed by atoms with Crippen molar-refractivity contribution in [3.63, 3.8) is 0 Å². The number of rotatable bonds is 5. The van der Waals surface area contributed by atoms with Gasteiger partial charge in [0.2, 0.25) is 0 Å². The molecule has 0 fully saturated rings. The summed E-state index contributed by atoms with van der Waals surface area (Å²) in [6, 6.07) is 1.70. The van der Waals surface area contributed by atoms with Gasteiger partial charge >= 0.3 is 0 Å². The lowest BCUT2D eigenvalue weighted by atomic mass is 10.3. The van der Waals surface area contributed by atoms with E-state index >= 15 is 0 Å². The molecule has 0 atom stereocenters. The van der Waals surface area contributed by atoms with Crippen molar-refractivity contribution in [2.45, 2.75) is 13.3 Å². The van der Waals surface area contributed by atoms with Gasteiger partial charge in [-0.2, -0.15) is 0 Å². The monoisotopic (exact) mass is 335 g/mol. The minimum Gasteiger partial charge on any atom is -0.369 e. The highest BCUT2D eigenvalue weighted by Gasteiger charge is 2.10. The van der Waals surface area contributed by atoms with Crippen LogP contribution in [0, 0.1) is 0 Å². The van der Waals surface area contributed by atoms with Crippen LogP contribution in [0.2, 0.25) is 0 Å². The number of amides is 1. The second-order valence-electron chi connectivity index (χ2n) is 4.03. The highest BCUT2D eigenvalue weighted by atomic mass is 79.9. The molecule has 20 heavy (non-hydrogen) atoms. The summed E-state index contributed by atoms with van der Waals surface area (Å²) < 4.78 is 0.710. The van der Waals surface area contributed by atoms with E-state index in [0.29, 0.717) is 16.0 Å². The van der Waals surface area contributed by atoms with Gasteiger partial charge in [0, 0.05) is 18.9 Å². The van der Waals surface area contributed by atoms with Crippen LogP contribution in [0.5, 0.6) is 0 Å². The minimum absolute atomic E-state index is 0.259. The fourth-order valence-corrected chi connectivity index (χ4v) is 1.83. The molecule has 2 rings (SSSR count). The summed E-state index contributed by atoms with van der Waals surface area (Å²) >= 11 is 3.32. The average Bonchev–Trinajstić information content (AvgIpc) is 2.48. The predicted octanol–water partition coefficient (Wildman–Crippen LogP) is 2.71. The van der Waals surface area contributed by atoms with Crippen molar-refractivity contribution in [3.05, 3.63) is 41.0 Å². The fourth-order valence-electron chi connectivity index (χ4n) is 1.48.